The van der Waals surface area contributed by atoms with Crippen molar-refractivity contribution in [2.24, 2.45) is 5.73 Å². The van der Waals surface area contributed by atoms with E-state index in [2.05, 4.69) is 5.32 Å². The Morgan fingerprint density at radius 2 is 2.12 bits per heavy atom. The van der Waals surface area contributed by atoms with Gasteiger partial charge in [0.25, 0.3) is 0 Å². The summed E-state index contributed by atoms with van der Waals surface area (Å²) in [5.41, 5.74) is 7.36. The molecule has 0 radical (unpaired) electrons. The summed E-state index contributed by atoms with van der Waals surface area (Å²) in [5.74, 6) is -0.840. The van der Waals surface area contributed by atoms with E-state index in [1.807, 2.05) is 25.2 Å². The Labute approximate surface area is 95.5 Å². The van der Waals surface area contributed by atoms with E-state index in [0.29, 0.717) is 6.54 Å². The van der Waals surface area contributed by atoms with Crippen LogP contribution in [0.5, 0.6) is 0 Å². The van der Waals surface area contributed by atoms with Crippen molar-refractivity contribution in [3.63, 3.8) is 0 Å². The molecule has 0 heterocycles. The van der Waals surface area contributed by atoms with Crippen molar-refractivity contribution in [3.05, 3.63) is 29.3 Å². The van der Waals surface area contributed by atoms with Gasteiger partial charge in [0.2, 0.25) is 0 Å². The van der Waals surface area contributed by atoms with Crippen LogP contribution >= 0.6 is 0 Å². The Hall–Kier alpha value is -1.55. The number of carbonyl (C=O) groups is 1. The predicted octanol–water partition coefficient (Wildman–Crippen LogP) is 1.55. The van der Waals surface area contributed by atoms with Crippen molar-refractivity contribution < 1.29 is 9.90 Å². The summed E-state index contributed by atoms with van der Waals surface area (Å²) in [7, 11) is 1.82. The fourth-order valence-electron chi connectivity index (χ4n) is 1.52. The molecule has 0 atom stereocenters. The molecule has 1 rings (SSSR count). The van der Waals surface area contributed by atoms with Crippen LogP contribution < -0.4 is 11.1 Å². The largest absolute Gasteiger partial charge is 0.481 e. The summed E-state index contributed by atoms with van der Waals surface area (Å²) in [6.45, 7) is 3.76. The first kappa shape index (κ1) is 12.5. The van der Waals surface area contributed by atoms with Gasteiger partial charge in [0.1, 0.15) is 0 Å². The molecule has 0 bridgehead atoms. The SMILES string of the molecule is CNc1ccc(C(C)(C)C(=O)O)cc1CN. The minimum absolute atomic E-state index is 0.389. The third kappa shape index (κ3) is 2.17. The smallest absolute Gasteiger partial charge is 0.313 e. The minimum atomic E-state index is -0.893. The van der Waals surface area contributed by atoms with Gasteiger partial charge in [-0.1, -0.05) is 12.1 Å². The highest BCUT2D eigenvalue weighted by Gasteiger charge is 2.29. The highest BCUT2D eigenvalue weighted by molar-refractivity contribution is 5.80. The molecule has 1 aromatic carbocycles. The van der Waals surface area contributed by atoms with Crippen molar-refractivity contribution in [1.82, 2.24) is 0 Å². The summed E-state index contributed by atoms with van der Waals surface area (Å²) in [6, 6.07) is 5.53. The summed E-state index contributed by atoms with van der Waals surface area (Å²) in [4.78, 5) is 11.1. The third-order valence-electron chi connectivity index (χ3n) is 2.85. The maximum absolute atomic E-state index is 11.1. The second-order valence-electron chi connectivity index (χ2n) is 4.26. The van der Waals surface area contributed by atoms with Gasteiger partial charge in [-0.05, 0) is 31.0 Å². The Morgan fingerprint density at radius 1 is 1.50 bits per heavy atom. The summed E-state index contributed by atoms with van der Waals surface area (Å²) >= 11 is 0. The summed E-state index contributed by atoms with van der Waals surface area (Å²) < 4.78 is 0. The molecule has 0 unspecified atom stereocenters. The highest BCUT2D eigenvalue weighted by Crippen LogP contribution is 2.27. The van der Waals surface area contributed by atoms with E-state index in [1.54, 1.807) is 13.8 Å². The van der Waals surface area contributed by atoms with Gasteiger partial charge in [0.15, 0.2) is 0 Å². The zero-order chi connectivity index (χ0) is 12.3. The van der Waals surface area contributed by atoms with Crippen LogP contribution in [0, 0.1) is 0 Å². The van der Waals surface area contributed by atoms with Crippen LogP contribution in [-0.2, 0) is 16.8 Å². The molecule has 1 aromatic rings. The zero-order valence-corrected chi connectivity index (χ0v) is 9.87. The number of hydrogen-bond donors (Lipinski definition) is 3. The Morgan fingerprint density at radius 3 is 2.56 bits per heavy atom. The highest BCUT2D eigenvalue weighted by atomic mass is 16.4. The standard InChI is InChI=1S/C12H18N2O2/c1-12(2,11(15)16)9-4-5-10(14-3)8(6-9)7-13/h4-6,14H,7,13H2,1-3H3,(H,15,16). The third-order valence-corrected chi connectivity index (χ3v) is 2.85. The van der Waals surface area contributed by atoms with E-state index in [1.165, 1.54) is 0 Å². The number of hydrogen-bond acceptors (Lipinski definition) is 3. The van der Waals surface area contributed by atoms with Gasteiger partial charge < -0.3 is 16.2 Å². The van der Waals surface area contributed by atoms with E-state index < -0.39 is 11.4 Å². The number of benzene rings is 1. The molecular weight excluding hydrogens is 204 g/mol. The monoisotopic (exact) mass is 222 g/mol. The number of nitrogens with two attached hydrogens (primary N) is 1. The number of nitrogens with one attached hydrogen (secondary N) is 1. The van der Waals surface area contributed by atoms with E-state index in [4.69, 9.17) is 10.8 Å². The Kier molecular flexibility index (Phi) is 3.55. The van der Waals surface area contributed by atoms with E-state index in [9.17, 15) is 4.79 Å². The first-order valence-corrected chi connectivity index (χ1v) is 5.18. The summed E-state index contributed by atoms with van der Waals surface area (Å²) in [6.07, 6.45) is 0. The van der Waals surface area contributed by atoms with Gasteiger partial charge in [-0.3, -0.25) is 4.79 Å². The van der Waals surface area contributed by atoms with Crippen LogP contribution in [0.2, 0.25) is 0 Å². The first-order chi connectivity index (χ1) is 7.43. The molecule has 4 nitrogen and oxygen atoms in total. The number of aliphatic carboxylic acids is 1. The molecule has 4 N–H and O–H groups in total. The average Bonchev–Trinajstić information content (AvgIpc) is 2.27. The van der Waals surface area contributed by atoms with Gasteiger partial charge >= 0.3 is 5.97 Å². The quantitative estimate of drug-likeness (QED) is 0.722. The fourth-order valence-corrected chi connectivity index (χ4v) is 1.52. The maximum Gasteiger partial charge on any atom is 0.313 e. The number of rotatable bonds is 4. The van der Waals surface area contributed by atoms with Crippen molar-refractivity contribution in [3.8, 4) is 0 Å². The lowest BCUT2D eigenvalue weighted by molar-refractivity contribution is -0.142. The van der Waals surface area contributed by atoms with Crippen molar-refractivity contribution in [2.75, 3.05) is 12.4 Å². The number of carboxylic acid groups (broad SMARTS) is 1. The zero-order valence-electron chi connectivity index (χ0n) is 9.87. The number of carboxylic acids is 1. The molecule has 16 heavy (non-hydrogen) atoms. The first-order valence-electron chi connectivity index (χ1n) is 5.18. The van der Waals surface area contributed by atoms with Crippen LogP contribution in [0.3, 0.4) is 0 Å². The normalized spacial score (nSPS) is 11.2. The van der Waals surface area contributed by atoms with Gasteiger partial charge in [0.05, 0.1) is 5.41 Å². The summed E-state index contributed by atoms with van der Waals surface area (Å²) in [5, 5.41) is 12.2. The van der Waals surface area contributed by atoms with E-state index >= 15 is 0 Å². The van der Waals surface area contributed by atoms with Gasteiger partial charge in [-0.15, -0.1) is 0 Å². The molecule has 0 spiro atoms. The van der Waals surface area contributed by atoms with Crippen LogP contribution in [0.1, 0.15) is 25.0 Å². The molecule has 88 valence electrons. The van der Waals surface area contributed by atoms with Crippen molar-refractivity contribution in [1.29, 1.82) is 0 Å². The molecule has 0 amide bonds. The van der Waals surface area contributed by atoms with E-state index in [-0.39, 0.29) is 0 Å². The fraction of sp³-hybridized carbons (Fsp3) is 0.417. The van der Waals surface area contributed by atoms with Gasteiger partial charge in [-0.25, -0.2) is 0 Å². The maximum atomic E-state index is 11.1. The lowest BCUT2D eigenvalue weighted by Crippen LogP contribution is -2.28. The predicted molar refractivity (Wildman–Crippen MR) is 64.5 cm³/mol. The van der Waals surface area contributed by atoms with Crippen LogP contribution in [0.15, 0.2) is 18.2 Å². The second kappa shape index (κ2) is 4.53. The minimum Gasteiger partial charge on any atom is -0.481 e. The van der Waals surface area contributed by atoms with Crippen molar-refractivity contribution >= 4 is 11.7 Å². The molecule has 0 fully saturated rings. The van der Waals surface area contributed by atoms with Gasteiger partial charge in [0, 0.05) is 19.3 Å². The molecule has 0 aliphatic heterocycles. The van der Waals surface area contributed by atoms with E-state index in [0.717, 1.165) is 16.8 Å². The Bertz CT molecular complexity index is 400. The average molecular weight is 222 g/mol. The molecule has 0 aliphatic rings. The lowest BCUT2D eigenvalue weighted by atomic mass is 9.84. The molecule has 4 heteroatoms. The van der Waals surface area contributed by atoms with Crippen LogP contribution in [0.4, 0.5) is 5.69 Å². The molecular formula is C12H18N2O2. The van der Waals surface area contributed by atoms with Gasteiger partial charge in [-0.2, -0.15) is 0 Å². The number of anilines is 1. The molecule has 0 saturated heterocycles. The topological polar surface area (TPSA) is 75.3 Å². The van der Waals surface area contributed by atoms with Crippen molar-refractivity contribution in [2.45, 2.75) is 25.8 Å². The molecule has 0 aromatic heterocycles. The molecule has 0 aliphatic carbocycles. The van der Waals surface area contributed by atoms with Crippen LogP contribution in [0.25, 0.3) is 0 Å². The molecule has 0 saturated carbocycles. The lowest BCUT2D eigenvalue weighted by Gasteiger charge is -2.21. The Balaban J connectivity index is 3.23. The second-order valence-corrected chi connectivity index (χ2v) is 4.26. The van der Waals surface area contributed by atoms with Crippen LogP contribution in [-0.4, -0.2) is 18.1 Å².